The highest BCUT2D eigenvalue weighted by atomic mass is 35.5. The van der Waals surface area contributed by atoms with Crippen LogP contribution in [-0.2, 0) is 9.53 Å². The van der Waals surface area contributed by atoms with Crippen molar-refractivity contribution in [1.29, 1.82) is 0 Å². The molecule has 3 nitrogen and oxygen atoms in total. The lowest BCUT2D eigenvalue weighted by Crippen LogP contribution is -2.39. The van der Waals surface area contributed by atoms with Crippen molar-refractivity contribution in [2.75, 3.05) is 6.54 Å². The van der Waals surface area contributed by atoms with E-state index < -0.39 is 0 Å². The summed E-state index contributed by atoms with van der Waals surface area (Å²) in [7, 11) is 0. The minimum Gasteiger partial charge on any atom is -0.365 e. The number of halogens is 1. The van der Waals surface area contributed by atoms with Gasteiger partial charge < -0.3 is 10.1 Å². The number of carbonyl (C=O) groups is 1. The van der Waals surface area contributed by atoms with Gasteiger partial charge in [-0.15, -0.1) is 11.6 Å². The minimum absolute atomic E-state index is 0.00837. The Balaban J connectivity index is 2.27. The smallest absolute Gasteiger partial charge is 0.249 e. The predicted octanol–water partition coefficient (Wildman–Crippen LogP) is 2.71. The molecule has 0 bridgehead atoms. The second kappa shape index (κ2) is 7.22. The van der Waals surface area contributed by atoms with Gasteiger partial charge in [0.25, 0.3) is 0 Å². The van der Waals surface area contributed by atoms with E-state index in [9.17, 15) is 4.79 Å². The van der Waals surface area contributed by atoms with E-state index in [4.69, 9.17) is 16.3 Å². The van der Waals surface area contributed by atoms with Crippen molar-refractivity contribution in [3.63, 3.8) is 0 Å². The zero-order valence-electron chi connectivity index (χ0n) is 11.0. The first-order chi connectivity index (χ1) is 8.08. The van der Waals surface area contributed by atoms with Crippen LogP contribution in [0.4, 0.5) is 0 Å². The summed E-state index contributed by atoms with van der Waals surface area (Å²) >= 11 is 6.27. The summed E-state index contributed by atoms with van der Waals surface area (Å²) in [5, 5.41) is 2.92. The lowest BCUT2D eigenvalue weighted by Gasteiger charge is -2.20. The maximum absolute atomic E-state index is 11.8. The van der Waals surface area contributed by atoms with Crippen molar-refractivity contribution in [3.05, 3.63) is 0 Å². The van der Waals surface area contributed by atoms with Crippen molar-refractivity contribution >= 4 is 17.5 Å². The van der Waals surface area contributed by atoms with E-state index in [0.717, 1.165) is 25.7 Å². The van der Waals surface area contributed by atoms with E-state index in [1.165, 1.54) is 0 Å². The van der Waals surface area contributed by atoms with Gasteiger partial charge in [-0.1, -0.05) is 26.7 Å². The summed E-state index contributed by atoms with van der Waals surface area (Å²) in [6, 6.07) is 0. The molecular formula is C13H24ClNO2. The van der Waals surface area contributed by atoms with Gasteiger partial charge in [-0.25, -0.2) is 0 Å². The maximum Gasteiger partial charge on any atom is 0.249 e. The molecule has 1 aliphatic rings. The summed E-state index contributed by atoms with van der Waals surface area (Å²) in [6.07, 6.45) is 3.83. The molecule has 0 aliphatic carbocycles. The van der Waals surface area contributed by atoms with Gasteiger partial charge in [0.2, 0.25) is 5.91 Å². The molecule has 0 aromatic heterocycles. The molecule has 0 aromatic rings. The second-order valence-corrected chi connectivity index (χ2v) is 5.41. The molecule has 3 atom stereocenters. The number of carbonyl (C=O) groups excluding carboxylic acids is 1. The zero-order valence-corrected chi connectivity index (χ0v) is 11.8. The number of rotatable bonds is 6. The Kier molecular flexibility index (Phi) is 6.28. The van der Waals surface area contributed by atoms with Gasteiger partial charge in [-0.3, -0.25) is 4.79 Å². The monoisotopic (exact) mass is 261 g/mol. The van der Waals surface area contributed by atoms with Crippen molar-refractivity contribution < 1.29 is 9.53 Å². The van der Waals surface area contributed by atoms with Crippen LogP contribution in [0.5, 0.6) is 0 Å². The number of ether oxygens (including phenoxy) is 1. The first-order valence-corrected chi connectivity index (χ1v) is 7.09. The van der Waals surface area contributed by atoms with Crippen LogP contribution < -0.4 is 5.32 Å². The summed E-state index contributed by atoms with van der Waals surface area (Å²) < 4.78 is 5.51. The normalized spacial score (nSPS) is 26.2. The summed E-state index contributed by atoms with van der Waals surface area (Å²) in [6.45, 7) is 6.81. The second-order valence-electron chi connectivity index (χ2n) is 4.85. The minimum atomic E-state index is -0.268. The molecule has 100 valence electrons. The van der Waals surface area contributed by atoms with Crippen molar-refractivity contribution in [1.82, 2.24) is 5.32 Å². The van der Waals surface area contributed by atoms with Crippen LogP contribution in [0, 0.1) is 5.92 Å². The van der Waals surface area contributed by atoms with E-state index in [-0.39, 0.29) is 23.5 Å². The molecular weight excluding hydrogens is 238 g/mol. The Morgan fingerprint density at radius 3 is 2.53 bits per heavy atom. The molecule has 1 amide bonds. The van der Waals surface area contributed by atoms with E-state index >= 15 is 0 Å². The highest BCUT2D eigenvalue weighted by molar-refractivity contribution is 6.21. The van der Waals surface area contributed by atoms with E-state index in [1.54, 1.807) is 0 Å². The molecule has 1 rings (SSSR count). The largest absolute Gasteiger partial charge is 0.365 e. The molecule has 0 aromatic carbocycles. The van der Waals surface area contributed by atoms with Crippen LogP contribution in [0.3, 0.4) is 0 Å². The van der Waals surface area contributed by atoms with Gasteiger partial charge >= 0.3 is 0 Å². The van der Waals surface area contributed by atoms with Gasteiger partial charge in [-0.05, 0) is 25.7 Å². The third kappa shape index (κ3) is 4.47. The Labute approximate surface area is 109 Å². The number of hydrogen-bond acceptors (Lipinski definition) is 2. The SMILES string of the molecule is CCC(CC)C(Cl)CNC(=O)C1CCC(C)O1. The van der Waals surface area contributed by atoms with Crippen molar-refractivity contribution in [3.8, 4) is 0 Å². The number of nitrogens with one attached hydrogen (secondary N) is 1. The molecule has 1 saturated heterocycles. The fourth-order valence-electron chi connectivity index (χ4n) is 2.27. The molecule has 3 unspecified atom stereocenters. The average molecular weight is 262 g/mol. The lowest BCUT2D eigenvalue weighted by atomic mass is 9.99. The Bertz CT molecular complexity index is 244. The van der Waals surface area contributed by atoms with E-state index in [2.05, 4.69) is 19.2 Å². The van der Waals surface area contributed by atoms with E-state index in [0.29, 0.717) is 12.5 Å². The molecule has 1 fully saturated rings. The molecule has 0 spiro atoms. The predicted molar refractivity (Wildman–Crippen MR) is 70.3 cm³/mol. The molecule has 1 N–H and O–H groups in total. The Morgan fingerprint density at radius 1 is 1.41 bits per heavy atom. The lowest BCUT2D eigenvalue weighted by molar-refractivity contribution is -0.131. The van der Waals surface area contributed by atoms with Crippen molar-refractivity contribution in [2.45, 2.75) is 64.0 Å². The quantitative estimate of drug-likeness (QED) is 0.747. The summed E-state index contributed by atoms with van der Waals surface area (Å²) in [4.78, 5) is 11.8. The third-order valence-electron chi connectivity index (χ3n) is 3.56. The molecule has 0 saturated carbocycles. The third-order valence-corrected chi connectivity index (χ3v) is 4.07. The highest BCUT2D eigenvalue weighted by Crippen LogP contribution is 2.20. The van der Waals surface area contributed by atoms with Crippen LogP contribution >= 0.6 is 11.6 Å². The van der Waals surface area contributed by atoms with Crippen LogP contribution in [0.2, 0.25) is 0 Å². The molecule has 1 heterocycles. The van der Waals surface area contributed by atoms with Crippen LogP contribution in [0.25, 0.3) is 0 Å². The standard InChI is InChI=1S/C13H24ClNO2/c1-4-10(5-2)11(14)8-15-13(16)12-7-6-9(3)17-12/h9-12H,4-8H2,1-3H3,(H,15,16). The van der Waals surface area contributed by atoms with Gasteiger partial charge in [0.1, 0.15) is 6.10 Å². The molecule has 17 heavy (non-hydrogen) atoms. The van der Waals surface area contributed by atoms with Crippen LogP contribution in [-0.4, -0.2) is 30.0 Å². The Hall–Kier alpha value is -0.280. The Morgan fingerprint density at radius 2 is 2.06 bits per heavy atom. The van der Waals surface area contributed by atoms with Gasteiger partial charge in [0, 0.05) is 6.54 Å². The topological polar surface area (TPSA) is 38.3 Å². The first kappa shape index (κ1) is 14.8. The van der Waals surface area contributed by atoms with Crippen LogP contribution in [0.15, 0.2) is 0 Å². The fourth-order valence-corrected chi connectivity index (χ4v) is 2.71. The van der Waals surface area contributed by atoms with Gasteiger partial charge in [0.15, 0.2) is 0 Å². The van der Waals surface area contributed by atoms with Crippen LogP contribution in [0.1, 0.15) is 46.5 Å². The van der Waals surface area contributed by atoms with Gasteiger partial charge in [0.05, 0.1) is 11.5 Å². The first-order valence-electron chi connectivity index (χ1n) is 6.65. The molecule has 0 radical (unpaired) electrons. The molecule has 4 heteroatoms. The van der Waals surface area contributed by atoms with E-state index in [1.807, 2.05) is 6.92 Å². The maximum atomic E-state index is 11.8. The molecule has 1 aliphatic heterocycles. The summed E-state index contributed by atoms with van der Waals surface area (Å²) in [5.41, 5.74) is 0. The number of amides is 1. The fraction of sp³-hybridized carbons (Fsp3) is 0.923. The number of alkyl halides is 1. The number of hydrogen-bond donors (Lipinski definition) is 1. The van der Waals surface area contributed by atoms with Gasteiger partial charge in [-0.2, -0.15) is 0 Å². The average Bonchev–Trinajstić information content (AvgIpc) is 2.74. The summed E-state index contributed by atoms with van der Waals surface area (Å²) in [5.74, 6) is 0.464. The highest BCUT2D eigenvalue weighted by Gasteiger charge is 2.28. The van der Waals surface area contributed by atoms with Crippen molar-refractivity contribution in [2.24, 2.45) is 5.92 Å². The zero-order chi connectivity index (χ0) is 12.8.